The fraction of sp³-hybridized carbons (Fsp3) is 0.294. The monoisotopic (exact) mass is 354 g/mol. The number of hydrogen-bond acceptors (Lipinski definition) is 0. The van der Waals surface area contributed by atoms with Gasteiger partial charge in [0.05, 0.1) is 0 Å². The Hall–Kier alpha value is -0.860. The first-order chi connectivity index (χ1) is 9.58. The molecule has 1 atom stereocenters. The van der Waals surface area contributed by atoms with Gasteiger partial charge in [0.25, 0.3) is 0 Å². The van der Waals surface area contributed by atoms with E-state index in [2.05, 4.69) is 47.1 Å². The van der Waals surface area contributed by atoms with E-state index < -0.39 is 0 Å². The lowest BCUT2D eigenvalue weighted by atomic mass is 9.94. The van der Waals surface area contributed by atoms with Crippen LogP contribution in [0, 0.1) is 18.7 Å². The summed E-state index contributed by atoms with van der Waals surface area (Å²) in [4.78, 5) is 0. The highest BCUT2D eigenvalue weighted by Gasteiger charge is 2.12. The maximum Gasteiger partial charge on any atom is 0.123 e. The Bertz CT molecular complexity index is 566. The van der Waals surface area contributed by atoms with Crippen molar-refractivity contribution in [2.75, 3.05) is 5.33 Å². The summed E-state index contributed by atoms with van der Waals surface area (Å²) < 4.78 is 13.3. The third-order valence-corrected chi connectivity index (χ3v) is 4.66. The van der Waals surface area contributed by atoms with Crippen LogP contribution >= 0.6 is 27.5 Å². The van der Waals surface area contributed by atoms with Crippen LogP contribution in [0.15, 0.2) is 42.5 Å². The lowest BCUT2D eigenvalue weighted by Crippen LogP contribution is -2.10. The Balaban J connectivity index is 2.08. The molecule has 2 aromatic carbocycles. The topological polar surface area (TPSA) is 0 Å². The standard InChI is InChI=1S/C17H17BrClF/c1-12-2-4-13(5-3-12)8-14(11-18)9-15-10-16(20)6-7-17(15)19/h2-7,10,14H,8-9,11H2,1H3. The van der Waals surface area contributed by atoms with Gasteiger partial charge in [-0.1, -0.05) is 57.4 Å². The zero-order chi connectivity index (χ0) is 14.5. The first kappa shape index (κ1) is 15.5. The molecule has 0 saturated heterocycles. The molecule has 0 nitrogen and oxygen atoms in total. The highest BCUT2D eigenvalue weighted by molar-refractivity contribution is 9.09. The van der Waals surface area contributed by atoms with Gasteiger partial charge < -0.3 is 0 Å². The lowest BCUT2D eigenvalue weighted by molar-refractivity contribution is 0.582. The summed E-state index contributed by atoms with van der Waals surface area (Å²) in [5, 5.41) is 1.51. The van der Waals surface area contributed by atoms with Gasteiger partial charge in [-0.25, -0.2) is 4.39 Å². The van der Waals surface area contributed by atoms with Gasteiger partial charge >= 0.3 is 0 Å². The molecule has 0 aliphatic heterocycles. The van der Waals surface area contributed by atoms with Crippen molar-refractivity contribution in [2.24, 2.45) is 5.92 Å². The van der Waals surface area contributed by atoms with E-state index in [4.69, 9.17) is 11.6 Å². The van der Waals surface area contributed by atoms with E-state index in [9.17, 15) is 4.39 Å². The van der Waals surface area contributed by atoms with Crippen molar-refractivity contribution < 1.29 is 4.39 Å². The average Bonchev–Trinajstić information content (AvgIpc) is 2.44. The van der Waals surface area contributed by atoms with E-state index >= 15 is 0 Å². The van der Waals surface area contributed by atoms with Gasteiger partial charge in [-0.05, 0) is 55.0 Å². The molecule has 2 rings (SSSR count). The molecule has 0 aliphatic carbocycles. The molecule has 0 amide bonds. The summed E-state index contributed by atoms with van der Waals surface area (Å²) in [5.74, 6) is 0.171. The molecule has 2 aromatic rings. The van der Waals surface area contributed by atoms with E-state index in [0.717, 1.165) is 23.7 Å². The third kappa shape index (κ3) is 4.32. The maximum absolute atomic E-state index is 13.3. The van der Waals surface area contributed by atoms with E-state index in [0.29, 0.717) is 10.9 Å². The molecule has 0 saturated carbocycles. The minimum Gasteiger partial charge on any atom is -0.207 e. The number of hydrogen-bond donors (Lipinski definition) is 0. The zero-order valence-corrected chi connectivity index (χ0v) is 13.7. The lowest BCUT2D eigenvalue weighted by Gasteiger charge is -2.15. The van der Waals surface area contributed by atoms with Crippen molar-refractivity contribution >= 4 is 27.5 Å². The van der Waals surface area contributed by atoms with Crippen LogP contribution in [0.3, 0.4) is 0 Å². The molecular formula is C17H17BrClF. The van der Waals surface area contributed by atoms with Crippen molar-refractivity contribution in [3.8, 4) is 0 Å². The maximum atomic E-state index is 13.3. The predicted octanol–water partition coefficient (Wildman–Crippen LogP) is 5.58. The molecule has 0 N–H and O–H groups in total. The van der Waals surface area contributed by atoms with E-state index in [-0.39, 0.29) is 5.82 Å². The second-order valence-electron chi connectivity index (χ2n) is 5.15. The summed E-state index contributed by atoms with van der Waals surface area (Å²) in [6.07, 6.45) is 1.73. The Morgan fingerprint density at radius 3 is 2.45 bits per heavy atom. The first-order valence-electron chi connectivity index (χ1n) is 6.64. The van der Waals surface area contributed by atoms with Gasteiger partial charge in [0.2, 0.25) is 0 Å². The van der Waals surface area contributed by atoms with Crippen LogP contribution in [0.5, 0.6) is 0 Å². The van der Waals surface area contributed by atoms with Gasteiger partial charge in [-0.2, -0.15) is 0 Å². The quantitative estimate of drug-likeness (QED) is 0.614. The highest BCUT2D eigenvalue weighted by atomic mass is 79.9. The van der Waals surface area contributed by atoms with Crippen LogP contribution in [-0.4, -0.2) is 5.33 Å². The number of benzene rings is 2. The molecule has 3 heteroatoms. The molecule has 0 fully saturated rings. The molecule has 0 aliphatic rings. The fourth-order valence-electron chi connectivity index (χ4n) is 2.25. The van der Waals surface area contributed by atoms with E-state index in [1.165, 1.54) is 23.3 Å². The van der Waals surface area contributed by atoms with Crippen molar-refractivity contribution in [2.45, 2.75) is 19.8 Å². The second-order valence-corrected chi connectivity index (χ2v) is 6.20. The summed E-state index contributed by atoms with van der Waals surface area (Å²) in [5.41, 5.74) is 3.44. The van der Waals surface area contributed by atoms with Crippen molar-refractivity contribution in [3.05, 3.63) is 70.0 Å². The van der Waals surface area contributed by atoms with Crippen LogP contribution < -0.4 is 0 Å². The van der Waals surface area contributed by atoms with Gasteiger partial charge in [0.15, 0.2) is 0 Å². The summed E-state index contributed by atoms with van der Waals surface area (Å²) in [6, 6.07) is 13.1. The summed E-state index contributed by atoms with van der Waals surface area (Å²) >= 11 is 9.69. The largest absolute Gasteiger partial charge is 0.207 e. The van der Waals surface area contributed by atoms with Gasteiger partial charge in [0.1, 0.15) is 5.82 Å². The van der Waals surface area contributed by atoms with Crippen LogP contribution in [0.1, 0.15) is 16.7 Å². The molecule has 0 spiro atoms. The van der Waals surface area contributed by atoms with Crippen LogP contribution in [0.4, 0.5) is 4.39 Å². The third-order valence-electron chi connectivity index (χ3n) is 3.38. The minimum absolute atomic E-state index is 0.229. The fourth-order valence-corrected chi connectivity index (χ4v) is 2.90. The predicted molar refractivity (Wildman–Crippen MR) is 87.3 cm³/mol. The molecule has 0 bridgehead atoms. The van der Waals surface area contributed by atoms with Gasteiger partial charge in [-0.15, -0.1) is 0 Å². The number of rotatable bonds is 5. The van der Waals surface area contributed by atoms with E-state index in [1.807, 2.05) is 0 Å². The molecule has 0 heterocycles. The molecule has 0 aromatic heterocycles. The van der Waals surface area contributed by atoms with Crippen molar-refractivity contribution in [1.29, 1.82) is 0 Å². The van der Waals surface area contributed by atoms with Crippen LogP contribution in [0.25, 0.3) is 0 Å². The number of aryl methyl sites for hydroxylation is 1. The van der Waals surface area contributed by atoms with Gasteiger partial charge in [0, 0.05) is 10.4 Å². The molecule has 106 valence electrons. The van der Waals surface area contributed by atoms with Crippen molar-refractivity contribution in [3.63, 3.8) is 0 Å². The number of alkyl halides is 1. The Morgan fingerprint density at radius 2 is 1.80 bits per heavy atom. The first-order valence-corrected chi connectivity index (χ1v) is 8.14. The summed E-state index contributed by atoms with van der Waals surface area (Å²) in [7, 11) is 0. The van der Waals surface area contributed by atoms with E-state index in [1.54, 1.807) is 6.07 Å². The molecule has 1 unspecified atom stereocenters. The Kier molecular flexibility index (Phi) is 5.62. The van der Waals surface area contributed by atoms with Gasteiger partial charge in [-0.3, -0.25) is 0 Å². The number of halogens is 3. The van der Waals surface area contributed by atoms with Crippen LogP contribution in [0.2, 0.25) is 5.02 Å². The molecule has 0 radical (unpaired) electrons. The summed E-state index contributed by atoms with van der Waals surface area (Å²) in [6.45, 7) is 2.08. The Morgan fingerprint density at radius 1 is 1.10 bits per heavy atom. The van der Waals surface area contributed by atoms with Crippen LogP contribution in [-0.2, 0) is 12.8 Å². The smallest absolute Gasteiger partial charge is 0.123 e. The Labute approximate surface area is 133 Å². The highest BCUT2D eigenvalue weighted by Crippen LogP contribution is 2.23. The molecule has 20 heavy (non-hydrogen) atoms. The normalized spacial score (nSPS) is 12.4. The second kappa shape index (κ2) is 7.24. The van der Waals surface area contributed by atoms with Crippen molar-refractivity contribution in [1.82, 2.24) is 0 Å². The SMILES string of the molecule is Cc1ccc(CC(CBr)Cc2cc(F)ccc2Cl)cc1. The minimum atomic E-state index is -0.229. The zero-order valence-electron chi connectivity index (χ0n) is 11.4. The molecular weight excluding hydrogens is 339 g/mol. The average molecular weight is 356 g/mol.